The van der Waals surface area contributed by atoms with Crippen molar-refractivity contribution < 1.29 is 30.7 Å². The molecule has 8 heteroatoms. The second-order valence-corrected chi connectivity index (χ2v) is 6.51. The van der Waals surface area contributed by atoms with Gasteiger partial charge in [-0.05, 0) is 33.0 Å². The van der Waals surface area contributed by atoms with E-state index in [1.807, 2.05) is 0 Å². The predicted octanol–water partition coefficient (Wildman–Crippen LogP) is 6.49. The van der Waals surface area contributed by atoms with Crippen LogP contribution in [0.25, 0.3) is 0 Å². The molecule has 1 nitrogen and oxygen atoms in total. The van der Waals surface area contributed by atoms with E-state index in [9.17, 15) is 30.7 Å². The largest absolute Gasteiger partial charge is 0.459 e. The molecule has 0 aromatic rings. The first-order chi connectivity index (χ1) is 11.5. The van der Waals surface area contributed by atoms with E-state index >= 15 is 0 Å². The topological polar surface area (TPSA) is 3.24 Å². The van der Waals surface area contributed by atoms with Gasteiger partial charge in [0.25, 0.3) is 0 Å². The zero-order chi connectivity index (χ0) is 19.6. The summed E-state index contributed by atoms with van der Waals surface area (Å²) in [6.45, 7) is 4.44. The Balaban J connectivity index is 3.87. The highest BCUT2D eigenvalue weighted by Gasteiger charge is 2.72. The van der Waals surface area contributed by atoms with E-state index in [-0.39, 0.29) is 6.54 Å². The van der Waals surface area contributed by atoms with Gasteiger partial charge in [-0.15, -0.1) is 0 Å². The molecular formula is C17H29F7N. The molecular weight excluding hydrogens is 351 g/mol. The summed E-state index contributed by atoms with van der Waals surface area (Å²) < 4.78 is 87.8. The van der Waals surface area contributed by atoms with Crippen LogP contribution in [0.2, 0.25) is 0 Å². The van der Waals surface area contributed by atoms with Gasteiger partial charge in [0.2, 0.25) is 0 Å². The van der Waals surface area contributed by atoms with Crippen molar-refractivity contribution in [3.63, 3.8) is 0 Å². The van der Waals surface area contributed by atoms with Gasteiger partial charge in [0.1, 0.15) is 0 Å². The van der Waals surface area contributed by atoms with Gasteiger partial charge in [0.05, 0.1) is 0 Å². The fourth-order valence-electron chi connectivity index (χ4n) is 2.49. The normalized spacial score (nSPS) is 13.7. The molecule has 0 aliphatic heterocycles. The summed E-state index contributed by atoms with van der Waals surface area (Å²) in [6, 6.07) is 0. The quantitative estimate of drug-likeness (QED) is 0.246. The number of unbranched alkanes of at least 4 members (excludes halogenated alkanes) is 7. The Bertz CT molecular complexity index is 342. The summed E-state index contributed by atoms with van der Waals surface area (Å²) in [6.07, 6.45) is 0.279. The molecule has 0 aromatic carbocycles. The molecule has 0 saturated carbocycles. The molecule has 0 amide bonds. The summed E-state index contributed by atoms with van der Waals surface area (Å²) in [4.78, 5) is 1.69. The monoisotopic (exact) mass is 380 g/mol. The summed E-state index contributed by atoms with van der Waals surface area (Å²) in [5.74, 6) is -11.1. The molecule has 0 unspecified atom stereocenters. The van der Waals surface area contributed by atoms with Crippen molar-refractivity contribution in [1.29, 1.82) is 0 Å². The lowest BCUT2D eigenvalue weighted by molar-refractivity contribution is -0.355. The maximum Gasteiger partial charge on any atom is 0.459 e. The van der Waals surface area contributed by atoms with Crippen molar-refractivity contribution in [3.05, 3.63) is 6.92 Å². The SMILES string of the molecule is [CH2]CCCCCCCCCN(C)CCCC(F)(F)C(F)(F)C(F)(F)F. The Morgan fingerprint density at radius 1 is 0.680 bits per heavy atom. The molecule has 0 saturated heterocycles. The Labute approximate surface area is 145 Å². The number of alkyl halides is 7. The van der Waals surface area contributed by atoms with E-state index in [0.29, 0.717) is 6.54 Å². The zero-order valence-corrected chi connectivity index (χ0v) is 14.8. The lowest BCUT2D eigenvalue weighted by Gasteiger charge is -2.28. The fourth-order valence-corrected chi connectivity index (χ4v) is 2.49. The predicted molar refractivity (Wildman–Crippen MR) is 85.0 cm³/mol. The Morgan fingerprint density at radius 2 is 1.12 bits per heavy atom. The Kier molecular flexibility index (Phi) is 11.0. The van der Waals surface area contributed by atoms with E-state index in [0.717, 1.165) is 44.9 Å². The van der Waals surface area contributed by atoms with E-state index < -0.39 is 30.9 Å². The maximum atomic E-state index is 13.1. The third-order valence-corrected chi connectivity index (χ3v) is 4.14. The number of hydrogen-bond acceptors (Lipinski definition) is 1. The van der Waals surface area contributed by atoms with Crippen LogP contribution in [-0.4, -0.2) is 43.1 Å². The van der Waals surface area contributed by atoms with Gasteiger partial charge < -0.3 is 4.90 Å². The molecule has 0 bridgehead atoms. The summed E-state index contributed by atoms with van der Waals surface area (Å²) in [7, 11) is 1.65. The number of nitrogens with zero attached hydrogens (tertiary/aromatic N) is 1. The van der Waals surface area contributed by atoms with E-state index in [1.54, 1.807) is 11.9 Å². The molecule has 0 fully saturated rings. The Hall–Kier alpha value is -0.530. The molecule has 151 valence electrons. The van der Waals surface area contributed by atoms with E-state index in [4.69, 9.17) is 0 Å². The molecule has 0 atom stereocenters. The zero-order valence-electron chi connectivity index (χ0n) is 14.8. The number of hydrogen-bond donors (Lipinski definition) is 0. The van der Waals surface area contributed by atoms with Crippen molar-refractivity contribution in [2.75, 3.05) is 20.1 Å². The van der Waals surface area contributed by atoms with Gasteiger partial charge in [-0.25, -0.2) is 0 Å². The molecule has 1 radical (unpaired) electrons. The highest BCUT2D eigenvalue weighted by atomic mass is 19.4. The van der Waals surface area contributed by atoms with Crippen LogP contribution in [0, 0.1) is 6.92 Å². The van der Waals surface area contributed by atoms with Crippen LogP contribution in [-0.2, 0) is 0 Å². The van der Waals surface area contributed by atoms with Crippen LogP contribution in [0.3, 0.4) is 0 Å². The minimum absolute atomic E-state index is 0.0625. The molecule has 0 spiro atoms. The molecule has 0 rings (SSSR count). The van der Waals surface area contributed by atoms with Crippen LogP contribution in [0.1, 0.15) is 64.2 Å². The van der Waals surface area contributed by atoms with Gasteiger partial charge in [-0.2, -0.15) is 30.7 Å². The maximum absolute atomic E-state index is 13.1. The first-order valence-electron chi connectivity index (χ1n) is 8.76. The molecule has 0 aliphatic rings. The summed E-state index contributed by atoms with van der Waals surface area (Å²) >= 11 is 0. The van der Waals surface area contributed by atoms with Crippen LogP contribution in [0.15, 0.2) is 0 Å². The highest BCUT2D eigenvalue weighted by molar-refractivity contribution is 4.90. The van der Waals surface area contributed by atoms with Gasteiger partial charge >= 0.3 is 18.0 Å². The third-order valence-electron chi connectivity index (χ3n) is 4.14. The van der Waals surface area contributed by atoms with Crippen molar-refractivity contribution >= 4 is 0 Å². The molecule has 0 N–H and O–H groups in total. The average molecular weight is 380 g/mol. The van der Waals surface area contributed by atoms with Crippen molar-refractivity contribution in [2.45, 2.75) is 82.2 Å². The minimum Gasteiger partial charge on any atom is -0.306 e. The first-order valence-corrected chi connectivity index (χ1v) is 8.76. The van der Waals surface area contributed by atoms with Gasteiger partial charge in [0.15, 0.2) is 0 Å². The number of rotatable bonds is 14. The van der Waals surface area contributed by atoms with Crippen molar-refractivity contribution in [3.8, 4) is 0 Å². The van der Waals surface area contributed by atoms with Crippen LogP contribution < -0.4 is 0 Å². The van der Waals surface area contributed by atoms with Gasteiger partial charge in [0, 0.05) is 6.42 Å². The van der Waals surface area contributed by atoms with Crippen LogP contribution in [0.5, 0.6) is 0 Å². The van der Waals surface area contributed by atoms with Crippen LogP contribution >= 0.6 is 0 Å². The number of halogens is 7. The average Bonchev–Trinajstić information content (AvgIpc) is 2.48. The first kappa shape index (κ1) is 24.5. The second-order valence-electron chi connectivity index (χ2n) is 6.51. The lowest BCUT2D eigenvalue weighted by Crippen LogP contribution is -2.52. The third kappa shape index (κ3) is 9.11. The van der Waals surface area contributed by atoms with E-state index in [2.05, 4.69) is 6.92 Å². The smallest absolute Gasteiger partial charge is 0.306 e. The molecule has 0 aliphatic carbocycles. The highest BCUT2D eigenvalue weighted by Crippen LogP contribution is 2.48. The summed E-state index contributed by atoms with van der Waals surface area (Å²) in [5.41, 5.74) is 0. The minimum atomic E-state index is -6.24. The van der Waals surface area contributed by atoms with Crippen molar-refractivity contribution in [2.24, 2.45) is 0 Å². The molecule has 0 heterocycles. The lowest BCUT2D eigenvalue weighted by atomic mass is 10.1. The van der Waals surface area contributed by atoms with Crippen molar-refractivity contribution in [1.82, 2.24) is 4.90 Å². The summed E-state index contributed by atoms with van der Waals surface area (Å²) in [5, 5.41) is 0. The molecule has 25 heavy (non-hydrogen) atoms. The van der Waals surface area contributed by atoms with Gasteiger partial charge in [-0.3, -0.25) is 0 Å². The van der Waals surface area contributed by atoms with Gasteiger partial charge in [-0.1, -0.05) is 51.9 Å². The molecule has 0 aromatic heterocycles. The van der Waals surface area contributed by atoms with E-state index in [1.165, 1.54) is 6.42 Å². The Morgan fingerprint density at radius 3 is 1.60 bits per heavy atom. The fraction of sp³-hybridized carbons (Fsp3) is 0.941. The standard InChI is InChI=1S/C17H29F7N/c1-3-4-5-6-7-8-9-10-13-25(2)14-11-12-15(18,19)16(20,21)17(22,23)24/h1,3-14H2,2H3. The van der Waals surface area contributed by atoms with Crippen LogP contribution in [0.4, 0.5) is 30.7 Å². The second kappa shape index (κ2) is 11.2.